The summed E-state index contributed by atoms with van der Waals surface area (Å²) in [5.74, 6) is 0. The molecule has 2 heteroatoms. The molecule has 2 nitrogen and oxygen atoms in total. The van der Waals surface area contributed by atoms with Gasteiger partial charge in [0.15, 0.2) is 0 Å². The first-order chi connectivity index (χ1) is 9.39. The van der Waals surface area contributed by atoms with E-state index in [4.69, 9.17) is 0 Å². The molecule has 0 N–H and O–H groups in total. The van der Waals surface area contributed by atoms with Crippen molar-refractivity contribution in [1.29, 1.82) is 0 Å². The molecule has 20 heavy (non-hydrogen) atoms. The summed E-state index contributed by atoms with van der Waals surface area (Å²) in [6, 6.07) is 6.96. The summed E-state index contributed by atoms with van der Waals surface area (Å²) in [5.41, 5.74) is 4.32. The summed E-state index contributed by atoms with van der Waals surface area (Å²) in [4.78, 5) is 2.25. The Morgan fingerprint density at radius 3 is 2.30 bits per heavy atom. The average molecular weight is 277 g/mol. The molecule has 0 spiro atoms. The van der Waals surface area contributed by atoms with Crippen LogP contribution >= 0.6 is 0 Å². The molecule has 0 amide bonds. The Labute approximate surface area is 126 Å². The first-order valence-electron chi connectivity index (χ1n) is 8.00. The van der Waals surface area contributed by atoms with Crippen molar-refractivity contribution in [1.82, 2.24) is 0 Å². The lowest BCUT2D eigenvalue weighted by Gasteiger charge is -2.28. The van der Waals surface area contributed by atoms with Crippen LogP contribution in [0.3, 0.4) is 0 Å². The van der Waals surface area contributed by atoms with Gasteiger partial charge in [-0.05, 0) is 49.8 Å². The van der Waals surface area contributed by atoms with E-state index in [1.165, 1.54) is 49.2 Å². The van der Waals surface area contributed by atoms with Gasteiger partial charge in [-0.1, -0.05) is 19.1 Å². The van der Waals surface area contributed by atoms with E-state index in [2.05, 4.69) is 65.1 Å². The van der Waals surface area contributed by atoms with Crippen molar-refractivity contribution in [3.05, 3.63) is 29.3 Å². The lowest BCUT2D eigenvalue weighted by molar-refractivity contribution is -0.888. The number of rotatable bonds is 8. The van der Waals surface area contributed by atoms with Gasteiger partial charge in [-0.15, -0.1) is 0 Å². The highest BCUT2D eigenvalue weighted by molar-refractivity contribution is 5.54. The van der Waals surface area contributed by atoms with Crippen molar-refractivity contribution in [3.63, 3.8) is 0 Å². The van der Waals surface area contributed by atoms with Crippen LogP contribution in [0.15, 0.2) is 18.2 Å². The minimum absolute atomic E-state index is 1.11. The van der Waals surface area contributed by atoms with Crippen molar-refractivity contribution >= 4 is 5.69 Å². The van der Waals surface area contributed by atoms with Crippen LogP contribution in [0.2, 0.25) is 0 Å². The molecule has 0 saturated heterocycles. The van der Waals surface area contributed by atoms with Gasteiger partial charge in [0, 0.05) is 19.8 Å². The molecule has 114 valence electrons. The molecule has 1 aromatic carbocycles. The zero-order chi connectivity index (χ0) is 15.2. The number of hydrogen-bond donors (Lipinski definition) is 0. The standard InChI is InChI=1S/C18H33N2/c1-7-16-12-13-17(18(15-16)19(3)4)11-9-10-14-20(5,6)8-2/h12-13,15H,7-11,14H2,1-6H3/q+1. The molecule has 0 saturated carbocycles. The second-order valence-corrected chi connectivity index (χ2v) is 6.64. The third-order valence-corrected chi connectivity index (χ3v) is 4.36. The molecule has 0 atom stereocenters. The van der Waals surface area contributed by atoms with Gasteiger partial charge in [-0.3, -0.25) is 0 Å². The molecule has 0 aliphatic heterocycles. The van der Waals surface area contributed by atoms with Gasteiger partial charge in [-0.2, -0.15) is 0 Å². The average Bonchev–Trinajstić information content (AvgIpc) is 2.43. The molecule has 0 fully saturated rings. The molecule has 1 aromatic rings. The monoisotopic (exact) mass is 277 g/mol. The van der Waals surface area contributed by atoms with E-state index in [1.54, 1.807) is 0 Å². The molecular weight excluding hydrogens is 244 g/mol. The van der Waals surface area contributed by atoms with E-state index in [0.717, 1.165) is 10.9 Å². The van der Waals surface area contributed by atoms with Gasteiger partial charge >= 0.3 is 0 Å². The van der Waals surface area contributed by atoms with Crippen LogP contribution in [0.1, 0.15) is 37.8 Å². The topological polar surface area (TPSA) is 3.24 Å². The zero-order valence-electron chi connectivity index (χ0n) is 14.4. The minimum Gasteiger partial charge on any atom is -0.377 e. The minimum atomic E-state index is 1.11. The molecule has 0 bridgehead atoms. The molecule has 0 aliphatic carbocycles. The Morgan fingerprint density at radius 1 is 1.05 bits per heavy atom. The fourth-order valence-electron chi connectivity index (χ4n) is 2.47. The number of aryl methyl sites for hydroxylation is 2. The Kier molecular flexibility index (Phi) is 6.54. The van der Waals surface area contributed by atoms with Crippen molar-refractivity contribution < 1.29 is 4.48 Å². The lowest BCUT2D eigenvalue weighted by Crippen LogP contribution is -2.39. The fourth-order valence-corrected chi connectivity index (χ4v) is 2.47. The smallest absolute Gasteiger partial charge is 0.0782 e. The highest BCUT2D eigenvalue weighted by Crippen LogP contribution is 2.23. The Balaban J connectivity index is 2.59. The molecule has 0 unspecified atom stereocenters. The summed E-state index contributed by atoms with van der Waals surface area (Å²) in [5, 5.41) is 0. The maximum absolute atomic E-state index is 2.35. The summed E-state index contributed by atoms with van der Waals surface area (Å²) < 4.78 is 1.13. The number of anilines is 1. The van der Waals surface area contributed by atoms with Crippen LogP contribution in [0.5, 0.6) is 0 Å². The van der Waals surface area contributed by atoms with Gasteiger partial charge in [-0.25, -0.2) is 0 Å². The lowest BCUT2D eigenvalue weighted by atomic mass is 10.0. The zero-order valence-corrected chi connectivity index (χ0v) is 14.4. The number of benzene rings is 1. The van der Waals surface area contributed by atoms with Gasteiger partial charge < -0.3 is 9.38 Å². The normalized spacial score (nSPS) is 11.7. The van der Waals surface area contributed by atoms with Gasteiger partial charge in [0.25, 0.3) is 0 Å². The van der Waals surface area contributed by atoms with E-state index in [-0.39, 0.29) is 0 Å². The Hall–Kier alpha value is -1.02. The van der Waals surface area contributed by atoms with Gasteiger partial charge in [0.1, 0.15) is 0 Å². The number of nitrogens with zero attached hydrogens (tertiary/aromatic N) is 2. The molecule has 0 aromatic heterocycles. The quantitative estimate of drug-likeness (QED) is 0.517. The second-order valence-electron chi connectivity index (χ2n) is 6.64. The summed E-state index contributed by atoms with van der Waals surface area (Å²) in [6.45, 7) is 6.99. The van der Waals surface area contributed by atoms with Crippen LogP contribution in [0.4, 0.5) is 5.69 Å². The Morgan fingerprint density at radius 2 is 1.75 bits per heavy atom. The molecule has 0 heterocycles. The maximum Gasteiger partial charge on any atom is 0.0782 e. The third-order valence-electron chi connectivity index (χ3n) is 4.36. The van der Waals surface area contributed by atoms with E-state index in [9.17, 15) is 0 Å². The summed E-state index contributed by atoms with van der Waals surface area (Å²) in [7, 11) is 8.94. The van der Waals surface area contributed by atoms with Crippen LogP contribution in [0.25, 0.3) is 0 Å². The van der Waals surface area contributed by atoms with E-state index in [0.29, 0.717) is 0 Å². The van der Waals surface area contributed by atoms with Crippen LogP contribution in [0, 0.1) is 0 Å². The molecule has 0 aliphatic rings. The predicted molar refractivity (Wildman–Crippen MR) is 90.6 cm³/mol. The van der Waals surface area contributed by atoms with Gasteiger partial charge in [0.2, 0.25) is 0 Å². The van der Waals surface area contributed by atoms with Crippen LogP contribution in [-0.2, 0) is 12.8 Å². The SMILES string of the molecule is CCc1ccc(CCCC[N+](C)(C)CC)c(N(C)C)c1. The summed E-state index contributed by atoms with van der Waals surface area (Å²) in [6.07, 6.45) is 4.90. The van der Waals surface area contributed by atoms with Crippen molar-refractivity contribution in [3.8, 4) is 0 Å². The van der Waals surface area contributed by atoms with Crippen molar-refractivity contribution in [2.24, 2.45) is 0 Å². The van der Waals surface area contributed by atoms with E-state index < -0.39 is 0 Å². The third kappa shape index (κ3) is 5.16. The second kappa shape index (κ2) is 7.68. The highest BCUT2D eigenvalue weighted by atomic mass is 15.3. The summed E-state index contributed by atoms with van der Waals surface area (Å²) >= 11 is 0. The highest BCUT2D eigenvalue weighted by Gasteiger charge is 2.11. The first-order valence-corrected chi connectivity index (χ1v) is 8.00. The number of quaternary nitrogens is 1. The molecular formula is C18H33N2+. The first kappa shape index (κ1) is 17.0. The van der Waals surface area contributed by atoms with Crippen molar-refractivity contribution in [2.75, 3.05) is 46.2 Å². The number of unbranched alkanes of at least 4 members (excludes halogenated alkanes) is 1. The number of hydrogen-bond acceptors (Lipinski definition) is 1. The van der Waals surface area contributed by atoms with Crippen LogP contribution < -0.4 is 4.90 Å². The largest absolute Gasteiger partial charge is 0.377 e. The van der Waals surface area contributed by atoms with Crippen LogP contribution in [-0.4, -0.2) is 45.8 Å². The van der Waals surface area contributed by atoms with Gasteiger partial charge in [0.05, 0.1) is 27.2 Å². The van der Waals surface area contributed by atoms with Crippen molar-refractivity contribution in [2.45, 2.75) is 39.5 Å². The maximum atomic E-state index is 2.35. The van der Waals surface area contributed by atoms with E-state index in [1.807, 2.05) is 0 Å². The fraction of sp³-hybridized carbons (Fsp3) is 0.667. The Bertz CT molecular complexity index is 408. The molecule has 0 radical (unpaired) electrons. The predicted octanol–water partition coefficient (Wildman–Crippen LogP) is 3.73. The molecule has 1 rings (SSSR count). The van der Waals surface area contributed by atoms with E-state index >= 15 is 0 Å².